The van der Waals surface area contributed by atoms with Gasteiger partial charge in [0.25, 0.3) is 10.0 Å². The van der Waals surface area contributed by atoms with Crippen molar-refractivity contribution in [3.63, 3.8) is 0 Å². The van der Waals surface area contributed by atoms with Gasteiger partial charge in [0.05, 0.1) is 10.3 Å². The van der Waals surface area contributed by atoms with Gasteiger partial charge < -0.3 is 0 Å². The summed E-state index contributed by atoms with van der Waals surface area (Å²) < 4.78 is 25.0. The van der Waals surface area contributed by atoms with Crippen LogP contribution < -0.4 is 10.3 Å². The lowest BCUT2D eigenvalue weighted by atomic mass is 9.40. The van der Waals surface area contributed by atoms with Gasteiger partial charge in [-0.05, 0) is 74.3 Å². The fourth-order valence-electron chi connectivity index (χ4n) is 6.72. The first kappa shape index (κ1) is 18.0. The van der Waals surface area contributed by atoms with Gasteiger partial charge in [-0.1, -0.05) is 31.5 Å². The normalized spacial score (nSPS) is 38.3. The van der Waals surface area contributed by atoms with Gasteiger partial charge in [-0.2, -0.15) is 0 Å². The van der Waals surface area contributed by atoms with E-state index in [9.17, 15) is 13.2 Å². The molecule has 142 valence electrons. The van der Waals surface area contributed by atoms with E-state index in [1.165, 1.54) is 19.3 Å². The van der Waals surface area contributed by atoms with E-state index in [2.05, 4.69) is 24.1 Å². The average Bonchev–Trinajstić information content (AvgIpc) is 2.49. The minimum absolute atomic E-state index is 0.158. The highest BCUT2D eigenvalue weighted by Crippen LogP contribution is 2.69. The highest BCUT2D eigenvalue weighted by atomic mass is 32.2. The van der Waals surface area contributed by atoms with E-state index in [-0.39, 0.29) is 21.6 Å². The Balaban J connectivity index is 1.51. The Morgan fingerprint density at radius 3 is 2.12 bits per heavy atom. The number of amides is 1. The zero-order valence-corrected chi connectivity index (χ0v) is 16.6. The zero-order chi connectivity index (χ0) is 18.8. The molecule has 5 rings (SSSR count). The van der Waals surface area contributed by atoms with Crippen LogP contribution in [0, 0.1) is 29.1 Å². The summed E-state index contributed by atoms with van der Waals surface area (Å²) in [5.74, 6) is 0.426. The third kappa shape index (κ3) is 2.97. The molecular weight excluding hydrogens is 348 g/mol. The number of hydrogen-bond acceptors (Lipinski definition) is 3. The molecule has 0 spiro atoms. The molecule has 4 saturated carbocycles. The van der Waals surface area contributed by atoms with Crippen molar-refractivity contribution in [1.82, 2.24) is 10.3 Å². The number of aryl methyl sites for hydroxylation is 1. The molecular formula is C20H28N2O3S. The SMILES string of the molecule is Cc1ccc(S(=O)(=O)NNC(=O)C23CC4CC(C)(CC(C)(C4)C2)C3)cc1. The molecule has 0 aliphatic heterocycles. The molecule has 1 aromatic rings. The molecule has 0 heterocycles. The molecule has 1 aromatic carbocycles. The molecule has 4 bridgehead atoms. The number of sulfonamides is 1. The molecule has 4 aliphatic carbocycles. The van der Waals surface area contributed by atoms with Crippen molar-refractivity contribution in [2.24, 2.45) is 22.2 Å². The summed E-state index contributed by atoms with van der Waals surface area (Å²) >= 11 is 0. The van der Waals surface area contributed by atoms with Crippen molar-refractivity contribution in [1.29, 1.82) is 0 Å². The van der Waals surface area contributed by atoms with E-state index < -0.39 is 15.4 Å². The fraction of sp³-hybridized carbons (Fsp3) is 0.650. The monoisotopic (exact) mass is 376 g/mol. The number of rotatable bonds is 4. The largest absolute Gasteiger partial charge is 0.277 e. The van der Waals surface area contributed by atoms with Crippen molar-refractivity contribution in [3.8, 4) is 0 Å². The smallest absolute Gasteiger partial charge is 0.257 e. The summed E-state index contributed by atoms with van der Waals surface area (Å²) in [6.07, 6.45) is 6.20. The molecule has 6 heteroatoms. The predicted molar refractivity (Wildman–Crippen MR) is 99.5 cm³/mol. The second-order valence-electron chi connectivity index (χ2n) is 9.78. The highest BCUT2D eigenvalue weighted by molar-refractivity contribution is 7.89. The quantitative estimate of drug-likeness (QED) is 0.792. The van der Waals surface area contributed by atoms with Crippen LogP contribution in [0.4, 0.5) is 0 Å². The number of benzene rings is 1. The minimum Gasteiger partial charge on any atom is -0.277 e. The van der Waals surface area contributed by atoms with E-state index >= 15 is 0 Å². The fourth-order valence-corrected chi connectivity index (χ4v) is 7.56. The van der Waals surface area contributed by atoms with Gasteiger partial charge in [-0.3, -0.25) is 10.2 Å². The minimum atomic E-state index is -3.76. The van der Waals surface area contributed by atoms with E-state index in [4.69, 9.17) is 0 Å². The number of hydrazine groups is 1. The molecule has 5 nitrogen and oxygen atoms in total. The van der Waals surface area contributed by atoms with Gasteiger partial charge in [0.1, 0.15) is 0 Å². The van der Waals surface area contributed by atoms with Gasteiger partial charge in [0.15, 0.2) is 0 Å². The summed E-state index contributed by atoms with van der Waals surface area (Å²) in [5, 5.41) is 0. The van der Waals surface area contributed by atoms with E-state index in [0.717, 1.165) is 24.8 Å². The Kier molecular flexibility index (Phi) is 3.84. The van der Waals surface area contributed by atoms with E-state index in [0.29, 0.717) is 5.92 Å². The molecule has 2 N–H and O–H groups in total. The third-order valence-electron chi connectivity index (χ3n) is 6.74. The Labute approximate surface area is 156 Å². The molecule has 2 unspecified atom stereocenters. The lowest BCUT2D eigenvalue weighted by Crippen LogP contribution is -2.61. The number of carbonyl (C=O) groups is 1. The highest BCUT2D eigenvalue weighted by Gasteiger charge is 2.62. The maximum atomic E-state index is 13.1. The molecule has 0 radical (unpaired) electrons. The summed E-state index contributed by atoms with van der Waals surface area (Å²) in [4.78, 5) is 15.6. The van der Waals surface area contributed by atoms with Crippen molar-refractivity contribution in [2.45, 2.75) is 64.2 Å². The van der Waals surface area contributed by atoms with Crippen LogP contribution in [-0.2, 0) is 14.8 Å². The van der Waals surface area contributed by atoms with Crippen LogP contribution in [0.1, 0.15) is 57.9 Å². The summed E-state index contributed by atoms with van der Waals surface area (Å²) in [6.45, 7) is 6.50. The van der Waals surface area contributed by atoms with Crippen LogP contribution in [0.25, 0.3) is 0 Å². The average molecular weight is 377 g/mol. The van der Waals surface area contributed by atoms with Crippen molar-refractivity contribution in [3.05, 3.63) is 29.8 Å². The van der Waals surface area contributed by atoms with Gasteiger partial charge in [0, 0.05) is 0 Å². The lowest BCUT2D eigenvalue weighted by molar-refractivity contribution is -0.170. The lowest BCUT2D eigenvalue weighted by Gasteiger charge is -2.64. The third-order valence-corrected chi connectivity index (χ3v) is 8.00. The van der Waals surface area contributed by atoms with Gasteiger partial charge in [-0.25, -0.2) is 8.42 Å². The number of nitrogens with one attached hydrogen (secondary N) is 2. The van der Waals surface area contributed by atoms with Crippen LogP contribution in [0.3, 0.4) is 0 Å². The number of hydrogen-bond donors (Lipinski definition) is 2. The second kappa shape index (κ2) is 5.55. The first-order valence-electron chi connectivity index (χ1n) is 9.42. The molecule has 2 atom stereocenters. The molecule has 0 saturated heterocycles. The molecule has 26 heavy (non-hydrogen) atoms. The van der Waals surface area contributed by atoms with Gasteiger partial charge in [0.2, 0.25) is 5.91 Å². The predicted octanol–water partition coefficient (Wildman–Crippen LogP) is 3.30. The Bertz CT molecular complexity index is 828. The van der Waals surface area contributed by atoms with Crippen molar-refractivity contribution < 1.29 is 13.2 Å². The van der Waals surface area contributed by atoms with Crippen LogP contribution in [0.5, 0.6) is 0 Å². The zero-order valence-electron chi connectivity index (χ0n) is 15.8. The summed E-state index contributed by atoms with van der Waals surface area (Å²) in [6, 6.07) is 6.60. The van der Waals surface area contributed by atoms with Gasteiger partial charge >= 0.3 is 0 Å². The second-order valence-corrected chi connectivity index (χ2v) is 11.5. The van der Waals surface area contributed by atoms with Crippen LogP contribution >= 0.6 is 0 Å². The van der Waals surface area contributed by atoms with Gasteiger partial charge in [-0.15, -0.1) is 4.83 Å². The van der Waals surface area contributed by atoms with Crippen LogP contribution in [0.2, 0.25) is 0 Å². The van der Waals surface area contributed by atoms with E-state index in [1.54, 1.807) is 24.3 Å². The molecule has 0 aromatic heterocycles. The summed E-state index contributed by atoms with van der Waals surface area (Å²) in [5.41, 5.74) is 3.53. The van der Waals surface area contributed by atoms with Crippen LogP contribution in [0.15, 0.2) is 29.2 Å². The topological polar surface area (TPSA) is 75.3 Å². The number of carbonyl (C=O) groups excluding carboxylic acids is 1. The summed E-state index contributed by atoms with van der Waals surface area (Å²) in [7, 11) is -3.76. The van der Waals surface area contributed by atoms with Crippen LogP contribution in [-0.4, -0.2) is 14.3 Å². The molecule has 4 aliphatic rings. The van der Waals surface area contributed by atoms with Crippen molar-refractivity contribution in [2.75, 3.05) is 0 Å². The maximum absolute atomic E-state index is 13.1. The molecule has 4 fully saturated rings. The Hall–Kier alpha value is -1.40. The Morgan fingerprint density at radius 2 is 1.58 bits per heavy atom. The maximum Gasteiger partial charge on any atom is 0.257 e. The van der Waals surface area contributed by atoms with Crippen molar-refractivity contribution >= 4 is 15.9 Å². The Morgan fingerprint density at radius 1 is 1.00 bits per heavy atom. The first-order valence-corrected chi connectivity index (χ1v) is 10.9. The first-order chi connectivity index (χ1) is 12.0. The van der Waals surface area contributed by atoms with E-state index in [1.807, 2.05) is 6.92 Å². The standard InChI is InChI=1S/C20H28N2O3S/c1-14-4-6-16(7-5-14)26(24,25)22-21-17(23)20-10-15-8-18(2,12-20)11-19(3,9-15)13-20/h4-7,15,22H,8-13H2,1-3H3,(H,21,23). The molecule has 1 amide bonds.